The molecule has 3 heteroatoms. The third kappa shape index (κ3) is 1.91. The number of halogens is 1. The van der Waals surface area contributed by atoms with E-state index in [1.807, 2.05) is 6.20 Å². The molecule has 0 saturated heterocycles. The zero-order chi connectivity index (χ0) is 11.9. The summed E-state index contributed by atoms with van der Waals surface area (Å²) in [7, 11) is 0. The number of rotatable bonds is 0. The predicted octanol–water partition coefficient (Wildman–Crippen LogP) is 4.47. The molecule has 0 N–H and O–H groups in total. The number of aromatic nitrogens is 1. The highest BCUT2D eigenvalue weighted by atomic mass is 35.5. The molecule has 4 rings (SSSR count). The Bertz CT molecular complexity index is 663. The molecule has 0 saturated carbocycles. The third-order valence-corrected chi connectivity index (χ3v) is 3.98. The second kappa shape index (κ2) is 4.86. The second-order valence-corrected chi connectivity index (χ2v) is 5.06. The molecule has 1 aliphatic carbocycles. The number of hydrogen-bond donors (Lipinski definition) is 0. The molecular weight excluding hydrogens is 258 g/mol. The molecule has 0 fully saturated rings. The van der Waals surface area contributed by atoms with E-state index < -0.39 is 0 Å². The van der Waals surface area contributed by atoms with Gasteiger partial charge in [-0.1, -0.05) is 24.3 Å². The predicted molar refractivity (Wildman–Crippen MR) is 79.2 cm³/mol. The average Bonchev–Trinajstić information content (AvgIpc) is 2.46. The Morgan fingerprint density at radius 1 is 1.05 bits per heavy atom. The second-order valence-electron chi connectivity index (χ2n) is 5.06. The first-order valence-electron chi connectivity index (χ1n) is 6.65. The van der Waals surface area contributed by atoms with Crippen molar-refractivity contribution in [3.05, 3.63) is 47.5 Å². The van der Waals surface area contributed by atoms with E-state index in [2.05, 4.69) is 29.2 Å². The molecule has 2 aromatic rings. The standard InChI is InChI=1S/C16H15NO.ClH/c1-2-6-12-11(5-1)9-17-14-10-18-15-8-4-3-7-13(15)16(12)14;/h1-2,5-6,9H,3-4,7-8,10H2;1H. The van der Waals surface area contributed by atoms with Gasteiger partial charge in [-0.15, -0.1) is 12.4 Å². The van der Waals surface area contributed by atoms with Crippen molar-refractivity contribution in [2.75, 3.05) is 0 Å². The van der Waals surface area contributed by atoms with Crippen molar-refractivity contribution in [1.29, 1.82) is 0 Å². The van der Waals surface area contributed by atoms with Crippen LogP contribution in [0, 0.1) is 0 Å². The first kappa shape index (κ1) is 12.5. The largest absolute Gasteiger partial charge is 0.491 e. The highest BCUT2D eigenvalue weighted by Gasteiger charge is 2.25. The number of hydrogen-bond acceptors (Lipinski definition) is 2. The van der Waals surface area contributed by atoms with E-state index in [1.54, 1.807) is 0 Å². The van der Waals surface area contributed by atoms with E-state index in [-0.39, 0.29) is 12.4 Å². The van der Waals surface area contributed by atoms with Crippen LogP contribution in [0.4, 0.5) is 0 Å². The Kier molecular flexibility index (Phi) is 3.19. The molecule has 0 unspecified atom stereocenters. The molecule has 1 aromatic heterocycles. The van der Waals surface area contributed by atoms with E-state index in [1.165, 1.54) is 40.5 Å². The Morgan fingerprint density at radius 2 is 1.89 bits per heavy atom. The summed E-state index contributed by atoms with van der Waals surface area (Å²) in [6, 6.07) is 8.54. The van der Waals surface area contributed by atoms with Crippen LogP contribution in [0.15, 0.2) is 36.2 Å². The smallest absolute Gasteiger partial charge is 0.130 e. The molecule has 0 amide bonds. The number of ether oxygens (including phenoxy) is 1. The zero-order valence-electron chi connectivity index (χ0n) is 10.7. The first-order chi connectivity index (χ1) is 8.93. The number of fused-ring (bicyclic) bond motifs is 4. The SMILES string of the molecule is Cl.c1ccc2c3c(ncc2c1)COC1=C3CCCC1. The Balaban J connectivity index is 0.00000110. The Morgan fingerprint density at radius 3 is 2.84 bits per heavy atom. The van der Waals surface area contributed by atoms with Gasteiger partial charge < -0.3 is 4.74 Å². The maximum Gasteiger partial charge on any atom is 0.130 e. The lowest BCUT2D eigenvalue weighted by molar-refractivity contribution is 0.176. The third-order valence-electron chi connectivity index (χ3n) is 3.98. The lowest BCUT2D eigenvalue weighted by Gasteiger charge is -2.27. The van der Waals surface area contributed by atoms with Gasteiger partial charge >= 0.3 is 0 Å². The molecule has 1 aromatic carbocycles. The van der Waals surface area contributed by atoms with Crippen molar-refractivity contribution in [3.8, 4) is 0 Å². The van der Waals surface area contributed by atoms with Gasteiger partial charge in [-0.05, 0) is 30.2 Å². The monoisotopic (exact) mass is 273 g/mol. The number of benzene rings is 1. The molecule has 1 aliphatic heterocycles. The fourth-order valence-electron chi connectivity index (χ4n) is 3.11. The van der Waals surface area contributed by atoms with Crippen molar-refractivity contribution in [2.45, 2.75) is 32.3 Å². The van der Waals surface area contributed by atoms with Gasteiger partial charge in [-0.25, -0.2) is 0 Å². The van der Waals surface area contributed by atoms with Crippen molar-refractivity contribution in [3.63, 3.8) is 0 Å². The van der Waals surface area contributed by atoms with E-state index >= 15 is 0 Å². The van der Waals surface area contributed by atoms with Gasteiger partial charge in [-0.2, -0.15) is 0 Å². The summed E-state index contributed by atoms with van der Waals surface area (Å²) in [6.07, 6.45) is 6.72. The number of nitrogens with zero attached hydrogens (tertiary/aromatic N) is 1. The van der Waals surface area contributed by atoms with Gasteiger partial charge in [-0.3, -0.25) is 4.98 Å². The number of allylic oxidation sites excluding steroid dienone is 2. The minimum absolute atomic E-state index is 0. The minimum Gasteiger partial charge on any atom is -0.491 e. The van der Waals surface area contributed by atoms with Gasteiger partial charge in [0.1, 0.15) is 12.4 Å². The van der Waals surface area contributed by atoms with E-state index in [9.17, 15) is 0 Å². The summed E-state index contributed by atoms with van der Waals surface area (Å²) in [5.74, 6) is 1.21. The molecule has 0 spiro atoms. The van der Waals surface area contributed by atoms with Crippen molar-refractivity contribution >= 4 is 28.8 Å². The maximum atomic E-state index is 5.87. The van der Waals surface area contributed by atoms with E-state index in [4.69, 9.17) is 4.74 Å². The highest BCUT2D eigenvalue weighted by molar-refractivity contribution is 5.95. The van der Waals surface area contributed by atoms with Gasteiger partial charge in [0.25, 0.3) is 0 Å². The quantitative estimate of drug-likeness (QED) is 0.706. The lowest BCUT2D eigenvalue weighted by Crippen LogP contribution is -2.13. The first-order valence-corrected chi connectivity index (χ1v) is 6.65. The summed E-state index contributed by atoms with van der Waals surface area (Å²) in [5, 5.41) is 2.57. The van der Waals surface area contributed by atoms with Crippen molar-refractivity contribution < 1.29 is 4.74 Å². The fraction of sp³-hybridized carbons (Fsp3) is 0.312. The van der Waals surface area contributed by atoms with Crippen LogP contribution in [-0.2, 0) is 11.3 Å². The van der Waals surface area contributed by atoms with E-state index in [0.717, 1.165) is 18.5 Å². The van der Waals surface area contributed by atoms with Crippen LogP contribution in [0.5, 0.6) is 0 Å². The summed E-state index contributed by atoms with van der Waals surface area (Å²) in [6.45, 7) is 0.638. The molecule has 19 heavy (non-hydrogen) atoms. The zero-order valence-corrected chi connectivity index (χ0v) is 11.5. The fourth-order valence-corrected chi connectivity index (χ4v) is 3.11. The van der Waals surface area contributed by atoms with Crippen LogP contribution < -0.4 is 0 Å². The van der Waals surface area contributed by atoms with Crippen molar-refractivity contribution in [2.24, 2.45) is 0 Å². The normalized spacial score (nSPS) is 17.3. The Hall–Kier alpha value is -1.54. The van der Waals surface area contributed by atoms with Crippen LogP contribution in [0.1, 0.15) is 36.9 Å². The van der Waals surface area contributed by atoms with Crippen LogP contribution in [0.3, 0.4) is 0 Å². The Labute approximate surface area is 118 Å². The average molecular weight is 274 g/mol. The molecule has 0 radical (unpaired) electrons. The molecule has 98 valence electrons. The maximum absolute atomic E-state index is 5.87. The molecule has 2 aliphatic rings. The van der Waals surface area contributed by atoms with Gasteiger partial charge in [0.15, 0.2) is 0 Å². The molecule has 0 bridgehead atoms. The molecule has 2 nitrogen and oxygen atoms in total. The van der Waals surface area contributed by atoms with Crippen LogP contribution >= 0.6 is 12.4 Å². The van der Waals surface area contributed by atoms with Crippen LogP contribution in [-0.4, -0.2) is 4.98 Å². The summed E-state index contributed by atoms with van der Waals surface area (Å²) < 4.78 is 5.87. The lowest BCUT2D eigenvalue weighted by atomic mass is 9.87. The van der Waals surface area contributed by atoms with Crippen molar-refractivity contribution in [1.82, 2.24) is 4.98 Å². The minimum atomic E-state index is 0. The summed E-state index contributed by atoms with van der Waals surface area (Å²) in [5.41, 5.74) is 3.87. The van der Waals surface area contributed by atoms with Gasteiger partial charge in [0, 0.05) is 23.6 Å². The summed E-state index contributed by atoms with van der Waals surface area (Å²) >= 11 is 0. The molecule has 2 heterocycles. The highest BCUT2D eigenvalue weighted by Crippen LogP contribution is 2.40. The molecular formula is C16H16ClNO. The number of pyridine rings is 1. The van der Waals surface area contributed by atoms with Gasteiger partial charge in [0.2, 0.25) is 0 Å². The topological polar surface area (TPSA) is 22.1 Å². The van der Waals surface area contributed by atoms with Gasteiger partial charge in [0.05, 0.1) is 5.69 Å². The van der Waals surface area contributed by atoms with Crippen LogP contribution in [0.25, 0.3) is 16.3 Å². The van der Waals surface area contributed by atoms with Crippen LogP contribution in [0.2, 0.25) is 0 Å². The van der Waals surface area contributed by atoms with E-state index in [0.29, 0.717) is 6.61 Å². The molecule has 0 atom stereocenters. The summed E-state index contributed by atoms with van der Waals surface area (Å²) in [4.78, 5) is 4.58.